The van der Waals surface area contributed by atoms with E-state index in [1.165, 1.54) is 29.5 Å². The van der Waals surface area contributed by atoms with Crippen molar-refractivity contribution in [2.75, 3.05) is 25.5 Å². The largest absolute Gasteiger partial charge is 0.378 e. The number of aryl methyl sites for hydroxylation is 2. The Labute approximate surface area is 208 Å². The number of nitrogens with zero attached hydrogens (tertiary/aromatic N) is 1. The number of hydrogen-bond acceptors (Lipinski definition) is 3. The van der Waals surface area contributed by atoms with E-state index in [2.05, 4.69) is 76.8 Å². The van der Waals surface area contributed by atoms with Crippen molar-refractivity contribution in [3.63, 3.8) is 0 Å². The summed E-state index contributed by atoms with van der Waals surface area (Å²) >= 11 is 6.94. The highest BCUT2D eigenvalue weighted by molar-refractivity contribution is 6.34. The molecule has 1 atom stereocenters. The van der Waals surface area contributed by atoms with Gasteiger partial charge in [-0.1, -0.05) is 72.6 Å². The lowest BCUT2D eigenvalue weighted by atomic mass is 10.00. The molecule has 1 saturated heterocycles. The highest BCUT2D eigenvalue weighted by Crippen LogP contribution is 2.43. The van der Waals surface area contributed by atoms with E-state index < -0.39 is 0 Å². The molecular weight excluding hydrogens is 442 g/mol. The predicted octanol–water partition coefficient (Wildman–Crippen LogP) is 6.75. The molecule has 180 valence electrons. The maximum Gasteiger partial charge on any atom is 0.125 e. The van der Waals surface area contributed by atoms with E-state index in [1.807, 2.05) is 0 Å². The van der Waals surface area contributed by atoms with Crippen molar-refractivity contribution in [1.29, 1.82) is 0 Å². The summed E-state index contributed by atoms with van der Waals surface area (Å²) in [6.07, 6.45) is 7.93. The number of rotatable bonds is 8. The van der Waals surface area contributed by atoms with Crippen molar-refractivity contribution in [1.82, 2.24) is 9.88 Å². The number of aromatic nitrogens is 1. The number of nitrogens with one attached hydrogen (secondary N) is 2. The van der Waals surface area contributed by atoms with Crippen molar-refractivity contribution in [2.24, 2.45) is 0 Å². The molecule has 3 heterocycles. The number of aromatic amines is 1. The normalized spacial score (nSPS) is 18.7. The van der Waals surface area contributed by atoms with Crippen LogP contribution in [-0.2, 0) is 24.1 Å². The standard InChI is InChI=1S/C29H36ClN3O/c1-33-18-16-23(17-19-33)34-29-24-14-9-8-13-22(24)20-31-27-26(30)25(32-28(27)29)15-7-3-6-12-21-10-4-2-5-11-21/h2,4-5,8-11,13-14,23,29,31-32H,3,6-7,12,15-20H2,1H3. The van der Waals surface area contributed by atoms with E-state index in [0.717, 1.165) is 73.8 Å². The predicted molar refractivity (Wildman–Crippen MR) is 141 cm³/mol. The summed E-state index contributed by atoms with van der Waals surface area (Å²) in [5, 5.41) is 4.45. The van der Waals surface area contributed by atoms with Gasteiger partial charge < -0.3 is 19.9 Å². The van der Waals surface area contributed by atoms with Crippen LogP contribution in [0, 0.1) is 0 Å². The molecule has 4 nitrogen and oxygen atoms in total. The second kappa shape index (κ2) is 11.0. The highest BCUT2D eigenvalue weighted by Gasteiger charge is 2.31. The Bertz CT molecular complexity index is 1070. The molecule has 2 aromatic carbocycles. The molecule has 0 spiro atoms. The first-order valence-corrected chi connectivity index (χ1v) is 13.2. The summed E-state index contributed by atoms with van der Waals surface area (Å²) in [4.78, 5) is 6.09. The van der Waals surface area contributed by atoms with Gasteiger partial charge in [0.2, 0.25) is 0 Å². The van der Waals surface area contributed by atoms with Crippen LogP contribution in [0.4, 0.5) is 5.69 Å². The number of hydrogen-bond donors (Lipinski definition) is 2. The molecule has 1 fully saturated rings. The number of likely N-dealkylation sites (tertiary alicyclic amines) is 1. The van der Waals surface area contributed by atoms with Gasteiger partial charge in [0.15, 0.2) is 0 Å². The topological polar surface area (TPSA) is 40.3 Å². The lowest BCUT2D eigenvalue weighted by Crippen LogP contribution is -2.35. The van der Waals surface area contributed by atoms with Gasteiger partial charge >= 0.3 is 0 Å². The summed E-state index contributed by atoms with van der Waals surface area (Å²) in [5.41, 5.74) is 7.20. The van der Waals surface area contributed by atoms with Gasteiger partial charge in [-0.3, -0.25) is 0 Å². The summed E-state index contributed by atoms with van der Waals surface area (Å²) in [6.45, 7) is 2.94. The van der Waals surface area contributed by atoms with Crippen LogP contribution in [0.5, 0.6) is 0 Å². The minimum Gasteiger partial charge on any atom is -0.378 e. The number of benzene rings is 2. The van der Waals surface area contributed by atoms with Crippen LogP contribution >= 0.6 is 11.6 Å². The van der Waals surface area contributed by atoms with Crippen molar-refractivity contribution in [3.8, 4) is 0 Å². The van der Waals surface area contributed by atoms with E-state index in [0.29, 0.717) is 0 Å². The number of H-pyrrole nitrogens is 1. The molecule has 2 aliphatic heterocycles. The summed E-state index contributed by atoms with van der Waals surface area (Å²) in [7, 11) is 2.19. The quantitative estimate of drug-likeness (QED) is 0.352. The van der Waals surface area contributed by atoms with Crippen molar-refractivity contribution >= 4 is 17.3 Å². The summed E-state index contributed by atoms with van der Waals surface area (Å²) < 4.78 is 6.82. The van der Waals surface area contributed by atoms with E-state index in [4.69, 9.17) is 16.3 Å². The Balaban J connectivity index is 1.30. The van der Waals surface area contributed by atoms with E-state index in [9.17, 15) is 0 Å². The molecule has 0 saturated carbocycles. The second-order valence-corrected chi connectivity index (χ2v) is 10.2. The molecule has 0 bridgehead atoms. The number of unbranched alkanes of at least 4 members (excludes halogenated alkanes) is 2. The molecule has 2 aliphatic rings. The average Bonchev–Trinajstić information content (AvgIpc) is 3.09. The van der Waals surface area contributed by atoms with E-state index in [-0.39, 0.29) is 12.2 Å². The molecule has 1 unspecified atom stereocenters. The summed E-state index contributed by atoms with van der Waals surface area (Å²) in [6, 6.07) is 19.4. The molecule has 2 N–H and O–H groups in total. The lowest BCUT2D eigenvalue weighted by Gasteiger charge is -2.32. The minimum absolute atomic E-state index is 0.112. The van der Waals surface area contributed by atoms with Gasteiger partial charge in [0.1, 0.15) is 6.10 Å². The molecule has 1 aromatic heterocycles. The van der Waals surface area contributed by atoms with Gasteiger partial charge in [-0.25, -0.2) is 0 Å². The zero-order valence-electron chi connectivity index (χ0n) is 20.2. The fourth-order valence-corrected chi connectivity index (χ4v) is 5.60. The fraction of sp³-hybridized carbons (Fsp3) is 0.448. The van der Waals surface area contributed by atoms with Crippen LogP contribution < -0.4 is 5.32 Å². The Hall–Kier alpha value is -2.27. The number of piperidine rings is 1. The van der Waals surface area contributed by atoms with Gasteiger partial charge in [0, 0.05) is 25.3 Å². The van der Waals surface area contributed by atoms with Crippen LogP contribution in [0.2, 0.25) is 5.02 Å². The lowest BCUT2D eigenvalue weighted by molar-refractivity contribution is -0.0246. The number of fused-ring (bicyclic) bond motifs is 2. The van der Waals surface area contributed by atoms with Crippen molar-refractivity contribution < 1.29 is 4.74 Å². The smallest absolute Gasteiger partial charge is 0.125 e. The molecule has 0 aliphatic carbocycles. The van der Waals surface area contributed by atoms with Gasteiger partial charge in [-0.05, 0) is 62.3 Å². The third kappa shape index (κ3) is 5.35. The Morgan fingerprint density at radius 1 is 0.941 bits per heavy atom. The maximum absolute atomic E-state index is 6.94. The van der Waals surface area contributed by atoms with Crippen LogP contribution in [-0.4, -0.2) is 36.1 Å². The SMILES string of the molecule is CN1CCC(OC2c3ccccc3CNc3c2[nH]c(CCCCCc2ccccc2)c3Cl)CC1. The molecule has 5 heteroatoms. The van der Waals surface area contributed by atoms with Gasteiger partial charge in [-0.2, -0.15) is 0 Å². The Morgan fingerprint density at radius 2 is 1.68 bits per heavy atom. The van der Waals surface area contributed by atoms with Crippen molar-refractivity contribution in [2.45, 2.75) is 63.7 Å². The molecule has 34 heavy (non-hydrogen) atoms. The Morgan fingerprint density at radius 3 is 2.50 bits per heavy atom. The highest BCUT2D eigenvalue weighted by atomic mass is 35.5. The Kier molecular flexibility index (Phi) is 7.58. The molecule has 0 amide bonds. The number of anilines is 1. The third-order valence-corrected chi connectivity index (χ3v) is 7.74. The minimum atomic E-state index is -0.112. The summed E-state index contributed by atoms with van der Waals surface area (Å²) in [5.74, 6) is 0. The van der Waals surface area contributed by atoms with Crippen LogP contribution in [0.15, 0.2) is 54.6 Å². The monoisotopic (exact) mass is 477 g/mol. The fourth-order valence-electron chi connectivity index (χ4n) is 5.29. The van der Waals surface area contributed by atoms with Crippen LogP contribution in [0.1, 0.15) is 66.3 Å². The van der Waals surface area contributed by atoms with Crippen LogP contribution in [0.25, 0.3) is 0 Å². The number of halogens is 1. The molecule has 0 radical (unpaired) electrons. The van der Waals surface area contributed by atoms with Gasteiger partial charge in [0.25, 0.3) is 0 Å². The second-order valence-electron chi connectivity index (χ2n) is 9.82. The average molecular weight is 478 g/mol. The van der Waals surface area contributed by atoms with E-state index in [1.54, 1.807) is 0 Å². The zero-order chi connectivity index (χ0) is 23.3. The van der Waals surface area contributed by atoms with E-state index >= 15 is 0 Å². The molecular formula is C29H36ClN3O. The van der Waals surface area contributed by atoms with Gasteiger partial charge in [0.05, 0.1) is 22.5 Å². The first kappa shape index (κ1) is 23.5. The van der Waals surface area contributed by atoms with Crippen LogP contribution in [0.3, 0.4) is 0 Å². The van der Waals surface area contributed by atoms with Gasteiger partial charge in [-0.15, -0.1) is 0 Å². The van der Waals surface area contributed by atoms with Crippen molar-refractivity contribution in [3.05, 3.63) is 87.7 Å². The zero-order valence-corrected chi connectivity index (χ0v) is 20.9. The number of ether oxygens (including phenoxy) is 1. The first-order valence-electron chi connectivity index (χ1n) is 12.8. The molecule has 3 aromatic rings. The molecule has 5 rings (SSSR count). The maximum atomic E-state index is 6.94. The third-order valence-electron chi connectivity index (χ3n) is 7.32. The first-order chi connectivity index (χ1) is 16.7.